The molecule has 0 unspecified atom stereocenters. The molecule has 1 aliphatic rings. The Kier molecular flexibility index (Phi) is 3.67. The van der Waals surface area contributed by atoms with E-state index in [1.165, 1.54) is 0 Å². The topological polar surface area (TPSA) is 78.6 Å². The maximum Gasteiger partial charge on any atom is 0.231 e. The van der Waals surface area contributed by atoms with Gasteiger partial charge in [-0.1, -0.05) is 6.07 Å². The van der Waals surface area contributed by atoms with Gasteiger partial charge in [-0.2, -0.15) is 0 Å². The summed E-state index contributed by atoms with van der Waals surface area (Å²) in [5.41, 5.74) is 4.56. The van der Waals surface area contributed by atoms with E-state index >= 15 is 0 Å². The molecule has 2 aromatic rings. The van der Waals surface area contributed by atoms with Crippen LogP contribution in [0.1, 0.15) is 11.1 Å². The zero-order valence-electron chi connectivity index (χ0n) is 10.8. The number of nitrogen functional groups attached to an aromatic ring is 1. The van der Waals surface area contributed by atoms with Crippen LogP contribution in [0, 0.1) is 0 Å². The molecular formula is C14H15N3O3. The zero-order chi connectivity index (χ0) is 13.8. The van der Waals surface area contributed by atoms with Crippen LogP contribution in [0.2, 0.25) is 0 Å². The van der Waals surface area contributed by atoms with Gasteiger partial charge in [-0.3, -0.25) is 0 Å². The highest BCUT2D eigenvalue weighted by atomic mass is 16.7. The first-order valence-corrected chi connectivity index (χ1v) is 6.23. The number of aromatic nitrogens is 1. The van der Waals surface area contributed by atoms with Gasteiger partial charge >= 0.3 is 0 Å². The SMILES string of the molecule is NNc1cc(COCc2ccc3c(c2)OCO3)ccn1. The molecule has 6 nitrogen and oxygen atoms in total. The van der Waals surface area contributed by atoms with E-state index in [0.29, 0.717) is 19.0 Å². The Labute approximate surface area is 116 Å². The van der Waals surface area contributed by atoms with E-state index in [-0.39, 0.29) is 6.79 Å². The highest BCUT2D eigenvalue weighted by Crippen LogP contribution is 2.32. The Morgan fingerprint density at radius 2 is 1.90 bits per heavy atom. The van der Waals surface area contributed by atoms with Crippen LogP contribution in [0.4, 0.5) is 5.82 Å². The number of nitrogens with zero attached hydrogens (tertiary/aromatic N) is 1. The van der Waals surface area contributed by atoms with Crippen LogP contribution in [0.15, 0.2) is 36.5 Å². The number of ether oxygens (including phenoxy) is 3. The fourth-order valence-corrected chi connectivity index (χ4v) is 1.96. The smallest absolute Gasteiger partial charge is 0.231 e. The van der Waals surface area contributed by atoms with E-state index in [0.717, 1.165) is 22.6 Å². The summed E-state index contributed by atoms with van der Waals surface area (Å²) in [7, 11) is 0. The first-order valence-electron chi connectivity index (χ1n) is 6.23. The van der Waals surface area contributed by atoms with Crippen molar-refractivity contribution in [1.29, 1.82) is 0 Å². The van der Waals surface area contributed by atoms with Crippen molar-refractivity contribution in [2.45, 2.75) is 13.2 Å². The summed E-state index contributed by atoms with van der Waals surface area (Å²) >= 11 is 0. The van der Waals surface area contributed by atoms with Crippen molar-refractivity contribution in [2.24, 2.45) is 5.84 Å². The maximum absolute atomic E-state index is 5.67. The molecule has 1 aromatic heterocycles. The number of fused-ring (bicyclic) bond motifs is 1. The minimum atomic E-state index is 0.283. The van der Waals surface area contributed by atoms with Crippen molar-refractivity contribution in [3.63, 3.8) is 0 Å². The fourth-order valence-electron chi connectivity index (χ4n) is 1.96. The van der Waals surface area contributed by atoms with E-state index in [1.54, 1.807) is 6.20 Å². The predicted octanol–water partition coefficient (Wildman–Crippen LogP) is 1.81. The molecule has 3 rings (SSSR count). The van der Waals surface area contributed by atoms with Crippen LogP contribution in [-0.2, 0) is 18.0 Å². The molecular weight excluding hydrogens is 258 g/mol. The van der Waals surface area contributed by atoms with Gasteiger partial charge in [0.15, 0.2) is 11.5 Å². The standard InChI is InChI=1S/C14H15N3O3/c15-17-14-6-11(3-4-16-14)8-18-7-10-1-2-12-13(5-10)20-9-19-12/h1-6H,7-9,15H2,(H,16,17). The number of hydrogen-bond donors (Lipinski definition) is 2. The lowest BCUT2D eigenvalue weighted by atomic mass is 10.2. The summed E-state index contributed by atoms with van der Waals surface area (Å²) in [5, 5.41) is 0. The van der Waals surface area contributed by atoms with E-state index in [9.17, 15) is 0 Å². The highest BCUT2D eigenvalue weighted by molar-refractivity contribution is 5.44. The molecule has 0 amide bonds. The van der Waals surface area contributed by atoms with Crippen molar-refractivity contribution in [3.05, 3.63) is 47.7 Å². The second-order valence-electron chi connectivity index (χ2n) is 4.37. The summed E-state index contributed by atoms with van der Waals surface area (Å²) in [6.45, 7) is 1.28. The number of nitrogens with two attached hydrogens (primary N) is 1. The van der Waals surface area contributed by atoms with Crippen molar-refractivity contribution in [3.8, 4) is 11.5 Å². The lowest BCUT2D eigenvalue weighted by Crippen LogP contribution is -2.08. The molecule has 6 heteroatoms. The van der Waals surface area contributed by atoms with E-state index in [4.69, 9.17) is 20.1 Å². The molecule has 0 fully saturated rings. The number of anilines is 1. The van der Waals surface area contributed by atoms with Gasteiger partial charge < -0.3 is 19.6 Å². The third kappa shape index (κ3) is 2.81. The second-order valence-corrected chi connectivity index (χ2v) is 4.37. The van der Waals surface area contributed by atoms with Gasteiger partial charge in [0.2, 0.25) is 6.79 Å². The molecule has 0 aliphatic carbocycles. The van der Waals surface area contributed by atoms with Gasteiger partial charge in [0.05, 0.1) is 13.2 Å². The molecule has 3 N–H and O–H groups in total. The van der Waals surface area contributed by atoms with E-state index in [1.807, 2.05) is 30.3 Å². The summed E-state index contributed by atoms with van der Waals surface area (Å²) in [4.78, 5) is 4.04. The van der Waals surface area contributed by atoms with Crippen LogP contribution in [0.5, 0.6) is 11.5 Å². The number of hydrogen-bond acceptors (Lipinski definition) is 6. The monoisotopic (exact) mass is 273 g/mol. The van der Waals surface area contributed by atoms with Gasteiger partial charge in [0.1, 0.15) is 5.82 Å². The van der Waals surface area contributed by atoms with Gasteiger partial charge in [-0.25, -0.2) is 10.8 Å². The van der Waals surface area contributed by atoms with Gasteiger partial charge in [-0.15, -0.1) is 0 Å². The molecule has 1 aliphatic heterocycles. The molecule has 0 saturated heterocycles. The predicted molar refractivity (Wildman–Crippen MR) is 73.1 cm³/mol. The maximum atomic E-state index is 5.67. The van der Waals surface area contributed by atoms with Crippen LogP contribution >= 0.6 is 0 Å². The van der Waals surface area contributed by atoms with Gasteiger partial charge in [0.25, 0.3) is 0 Å². The number of hydrazine groups is 1. The van der Waals surface area contributed by atoms with Gasteiger partial charge in [0, 0.05) is 6.20 Å². The quantitative estimate of drug-likeness (QED) is 0.639. The third-order valence-electron chi connectivity index (χ3n) is 2.95. The first-order chi connectivity index (χ1) is 9.85. The van der Waals surface area contributed by atoms with Crippen LogP contribution in [-0.4, -0.2) is 11.8 Å². The lowest BCUT2D eigenvalue weighted by Gasteiger charge is -2.06. The Morgan fingerprint density at radius 1 is 1.10 bits per heavy atom. The van der Waals surface area contributed by atoms with Crippen LogP contribution in [0.25, 0.3) is 0 Å². The minimum Gasteiger partial charge on any atom is -0.454 e. The number of benzene rings is 1. The molecule has 0 saturated carbocycles. The molecule has 104 valence electrons. The van der Waals surface area contributed by atoms with Crippen molar-refractivity contribution in [2.75, 3.05) is 12.2 Å². The zero-order valence-corrected chi connectivity index (χ0v) is 10.8. The van der Waals surface area contributed by atoms with Crippen molar-refractivity contribution >= 4 is 5.82 Å². The molecule has 0 spiro atoms. The minimum absolute atomic E-state index is 0.283. The largest absolute Gasteiger partial charge is 0.454 e. The third-order valence-corrected chi connectivity index (χ3v) is 2.95. The van der Waals surface area contributed by atoms with Gasteiger partial charge in [-0.05, 0) is 35.4 Å². The normalized spacial score (nSPS) is 12.4. The van der Waals surface area contributed by atoms with E-state index in [2.05, 4.69) is 10.4 Å². The van der Waals surface area contributed by atoms with Crippen LogP contribution < -0.4 is 20.7 Å². The molecule has 0 radical (unpaired) electrons. The molecule has 0 bridgehead atoms. The number of pyridine rings is 1. The Hall–Kier alpha value is -2.31. The molecule has 20 heavy (non-hydrogen) atoms. The van der Waals surface area contributed by atoms with E-state index < -0.39 is 0 Å². The summed E-state index contributed by atoms with van der Waals surface area (Å²) in [5.74, 6) is 7.48. The average Bonchev–Trinajstić information content (AvgIpc) is 2.95. The second kappa shape index (κ2) is 5.77. The summed E-state index contributed by atoms with van der Waals surface area (Å²) in [6, 6.07) is 9.53. The Morgan fingerprint density at radius 3 is 2.75 bits per heavy atom. The Bertz CT molecular complexity index is 604. The molecule has 1 aromatic carbocycles. The highest BCUT2D eigenvalue weighted by Gasteiger charge is 2.12. The number of rotatable bonds is 5. The first kappa shape index (κ1) is 12.7. The van der Waals surface area contributed by atoms with Crippen LogP contribution in [0.3, 0.4) is 0 Å². The lowest BCUT2D eigenvalue weighted by molar-refractivity contribution is 0.107. The Balaban J connectivity index is 1.57. The van der Waals surface area contributed by atoms with Crippen molar-refractivity contribution in [1.82, 2.24) is 4.98 Å². The fraction of sp³-hybridized carbons (Fsp3) is 0.214. The summed E-state index contributed by atoms with van der Waals surface area (Å²) < 4.78 is 16.3. The summed E-state index contributed by atoms with van der Waals surface area (Å²) in [6.07, 6.45) is 1.69. The molecule has 0 atom stereocenters. The average molecular weight is 273 g/mol. The number of nitrogens with one attached hydrogen (secondary N) is 1. The molecule has 2 heterocycles. The van der Waals surface area contributed by atoms with Crippen molar-refractivity contribution < 1.29 is 14.2 Å².